The van der Waals surface area contributed by atoms with Crippen LogP contribution in [0, 0.1) is 5.92 Å². The Balaban J connectivity index is 1.53. The van der Waals surface area contributed by atoms with Crippen LogP contribution >= 0.6 is 11.3 Å². The van der Waals surface area contributed by atoms with Gasteiger partial charge in [0.05, 0.1) is 0 Å². The maximum absolute atomic E-state index is 12.2. The molecule has 1 aromatic heterocycles. The molecule has 1 aliphatic rings. The third kappa shape index (κ3) is 5.17. The van der Waals surface area contributed by atoms with Gasteiger partial charge in [-0.3, -0.25) is 9.59 Å². The van der Waals surface area contributed by atoms with Crippen LogP contribution in [-0.2, 0) is 27.2 Å². The van der Waals surface area contributed by atoms with E-state index in [1.807, 2.05) is 6.07 Å². The van der Waals surface area contributed by atoms with E-state index in [4.69, 9.17) is 4.74 Å². The molecule has 0 unspecified atom stereocenters. The molecule has 0 saturated carbocycles. The Morgan fingerprint density at radius 3 is 2.67 bits per heavy atom. The summed E-state index contributed by atoms with van der Waals surface area (Å²) in [6.07, 6.45) is 3.13. The molecule has 3 rings (SSSR count). The van der Waals surface area contributed by atoms with Gasteiger partial charge in [0.1, 0.15) is 4.88 Å². The van der Waals surface area contributed by atoms with Gasteiger partial charge in [-0.05, 0) is 55.0 Å². The van der Waals surface area contributed by atoms with Gasteiger partial charge in [-0.15, -0.1) is 11.3 Å². The molecule has 7 heteroatoms. The number of hydrogen-bond donors (Lipinski definition) is 2. The molecule has 1 heterocycles. The number of aryl methyl sites for hydroxylation is 1. The SMILES string of the molecule is CC(=O)Nc1cccc(NC(=O)COC(=O)c2cc3c(s2)CC[C@H](C)C3)c1. The quantitative estimate of drug-likeness (QED) is 0.769. The monoisotopic (exact) mass is 386 g/mol. The van der Waals surface area contributed by atoms with E-state index >= 15 is 0 Å². The van der Waals surface area contributed by atoms with Crippen LogP contribution in [0.4, 0.5) is 11.4 Å². The van der Waals surface area contributed by atoms with Crippen LogP contribution in [0.25, 0.3) is 0 Å². The highest BCUT2D eigenvalue weighted by Gasteiger charge is 2.21. The van der Waals surface area contributed by atoms with Crippen LogP contribution in [0.15, 0.2) is 30.3 Å². The maximum atomic E-state index is 12.2. The zero-order valence-electron chi connectivity index (χ0n) is 15.3. The molecule has 0 radical (unpaired) electrons. The van der Waals surface area contributed by atoms with Crippen molar-refractivity contribution in [3.63, 3.8) is 0 Å². The van der Waals surface area contributed by atoms with Crippen molar-refractivity contribution < 1.29 is 19.1 Å². The first-order valence-electron chi connectivity index (χ1n) is 8.87. The van der Waals surface area contributed by atoms with E-state index in [2.05, 4.69) is 17.6 Å². The Labute approximate surface area is 161 Å². The second kappa shape index (κ2) is 8.35. The molecule has 0 fully saturated rings. The molecule has 2 aromatic rings. The van der Waals surface area contributed by atoms with Crippen molar-refractivity contribution >= 4 is 40.5 Å². The first-order valence-corrected chi connectivity index (χ1v) is 9.68. The summed E-state index contributed by atoms with van der Waals surface area (Å²) in [4.78, 5) is 37.2. The number of nitrogens with one attached hydrogen (secondary N) is 2. The summed E-state index contributed by atoms with van der Waals surface area (Å²) >= 11 is 1.46. The van der Waals surface area contributed by atoms with Gasteiger partial charge in [0.25, 0.3) is 5.91 Å². The lowest BCUT2D eigenvalue weighted by Gasteiger charge is -2.16. The minimum atomic E-state index is -0.468. The molecule has 1 aliphatic carbocycles. The number of carbonyl (C=O) groups is 3. The van der Waals surface area contributed by atoms with Gasteiger partial charge in [-0.25, -0.2) is 4.79 Å². The van der Waals surface area contributed by atoms with E-state index in [1.165, 1.54) is 28.7 Å². The van der Waals surface area contributed by atoms with Gasteiger partial charge >= 0.3 is 5.97 Å². The summed E-state index contributed by atoms with van der Waals surface area (Å²) in [5.41, 5.74) is 2.32. The number of carbonyl (C=O) groups excluding carboxylic acids is 3. The molecule has 2 amide bonds. The van der Waals surface area contributed by atoms with Gasteiger partial charge in [-0.1, -0.05) is 13.0 Å². The van der Waals surface area contributed by atoms with Crippen molar-refractivity contribution in [1.82, 2.24) is 0 Å². The highest BCUT2D eigenvalue weighted by atomic mass is 32.1. The molecule has 27 heavy (non-hydrogen) atoms. The summed E-state index contributed by atoms with van der Waals surface area (Å²) in [5, 5.41) is 5.30. The average molecular weight is 386 g/mol. The summed E-state index contributed by atoms with van der Waals surface area (Å²) in [7, 11) is 0. The topological polar surface area (TPSA) is 84.5 Å². The molecule has 2 N–H and O–H groups in total. The number of anilines is 2. The van der Waals surface area contributed by atoms with E-state index in [0.717, 1.165) is 19.3 Å². The third-order valence-electron chi connectivity index (χ3n) is 4.33. The molecular weight excluding hydrogens is 364 g/mol. The lowest BCUT2D eigenvalue weighted by atomic mass is 9.90. The summed E-state index contributed by atoms with van der Waals surface area (Å²) in [6, 6.07) is 8.66. The predicted molar refractivity (Wildman–Crippen MR) is 105 cm³/mol. The van der Waals surface area contributed by atoms with Crippen LogP contribution in [0.5, 0.6) is 0 Å². The number of esters is 1. The van der Waals surface area contributed by atoms with Gasteiger partial charge in [0, 0.05) is 23.2 Å². The Morgan fingerprint density at radius 1 is 1.19 bits per heavy atom. The van der Waals surface area contributed by atoms with Crippen LogP contribution in [0.3, 0.4) is 0 Å². The lowest BCUT2D eigenvalue weighted by molar-refractivity contribution is -0.119. The molecule has 1 aromatic carbocycles. The third-order valence-corrected chi connectivity index (χ3v) is 5.55. The number of fused-ring (bicyclic) bond motifs is 1. The summed E-state index contributed by atoms with van der Waals surface area (Å²) in [5.74, 6) is -0.460. The Bertz CT molecular complexity index is 875. The van der Waals surface area contributed by atoms with E-state index in [9.17, 15) is 14.4 Å². The number of amides is 2. The zero-order valence-corrected chi connectivity index (χ0v) is 16.2. The van der Waals surface area contributed by atoms with Crippen LogP contribution < -0.4 is 10.6 Å². The fourth-order valence-corrected chi connectivity index (χ4v) is 4.19. The molecule has 0 aliphatic heterocycles. The second-order valence-corrected chi connectivity index (χ2v) is 7.93. The lowest BCUT2D eigenvalue weighted by Crippen LogP contribution is -2.20. The second-order valence-electron chi connectivity index (χ2n) is 6.79. The van der Waals surface area contributed by atoms with Crippen molar-refractivity contribution in [2.45, 2.75) is 33.1 Å². The van der Waals surface area contributed by atoms with Crippen molar-refractivity contribution in [2.24, 2.45) is 5.92 Å². The number of hydrogen-bond acceptors (Lipinski definition) is 5. The van der Waals surface area contributed by atoms with E-state index in [0.29, 0.717) is 22.2 Å². The minimum absolute atomic E-state index is 0.194. The summed E-state index contributed by atoms with van der Waals surface area (Å²) < 4.78 is 5.15. The van der Waals surface area contributed by atoms with Crippen molar-refractivity contribution in [3.8, 4) is 0 Å². The fourth-order valence-electron chi connectivity index (χ4n) is 3.08. The smallest absolute Gasteiger partial charge is 0.348 e. The molecule has 0 saturated heterocycles. The highest BCUT2D eigenvalue weighted by Crippen LogP contribution is 2.32. The zero-order chi connectivity index (χ0) is 19.4. The van der Waals surface area contributed by atoms with Crippen LogP contribution in [0.1, 0.15) is 40.4 Å². The standard InChI is InChI=1S/C20H22N2O4S/c1-12-6-7-17-14(8-12)9-18(27-17)20(25)26-11-19(24)22-16-5-3-4-15(10-16)21-13(2)23/h3-5,9-10,12H,6-8,11H2,1-2H3,(H,21,23)(H,22,24)/t12-/m0/s1. The van der Waals surface area contributed by atoms with Crippen LogP contribution in [-0.4, -0.2) is 24.4 Å². The normalized spacial score (nSPS) is 15.6. The fraction of sp³-hybridized carbons (Fsp3) is 0.350. The number of thiophene rings is 1. The molecular formula is C20H22N2O4S. The van der Waals surface area contributed by atoms with Gasteiger partial charge in [0.15, 0.2) is 6.61 Å². The Kier molecular flexibility index (Phi) is 5.91. The first kappa shape index (κ1) is 19.1. The molecule has 142 valence electrons. The number of rotatable bonds is 5. The average Bonchev–Trinajstić information content (AvgIpc) is 3.02. The van der Waals surface area contributed by atoms with Crippen LogP contribution in [0.2, 0.25) is 0 Å². The number of ether oxygens (including phenoxy) is 1. The highest BCUT2D eigenvalue weighted by molar-refractivity contribution is 7.14. The van der Waals surface area contributed by atoms with Crippen molar-refractivity contribution in [1.29, 1.82) is 0 Å². The predicted octanol–water partition coefficient (Wildman–Crippen LogP) is 3.63. The molecule has 6 nitrogen and oxygen atoms in total. The first-order chi connectivity index (χ1) is 12.9. The number of benzene rings is 1. The van der Waals surface area contributed by atoms with Crippen molar-refractivity contribution in [3.05, 3.63) is 45.6 Å². The maximum Gasteiger partial charge on any atom is 0.348 e. The largest absolute Gasteiger partial charge is 0.451 e. The Morgan fingerprint density at radius 2 is 1.93 bits per heavy atom. The van der Waals surface area contributed by atoms with Gasteiger partial charge in [0.2, 0.25) is 5.91 Å². The molecule has 1 atom stereocenters. The van der Waals surface area contributed by atoms with Gasteiger partial charge < -0.3 is 15.4 Å². The van der Waals surface area contributed by atoms with E-state index in [1.54, 1.807) is 24.3 Å². The van der Waals surface area contributed by atoms with Crippen molar-refractivity contribution in [2.75, 3.05) is 17.2 Å². The summed E-state index contributed by atoms with van der Waals surface area (Å²) in [6.45, 7) is 3.26. The van der Waals surface area contributed by atoms with Gasteiger partial charge in [-0.2, -0.15) is 0 Å². The van der Waals surface area contributed by atoms with E-state index in [-0.39, 0.29) is 12.5 Å². The molecule has 0 spiro atoms. The molecule has 0 bridgehead atoms. The van der Waals surface area contributed by atoms with E-state index < -0.39 is 11.9 Å². The Hall–Kier alpha value is -2.67. The minimum Gasteiger partial charge on any atom is -0.451 e.